The number of rotatable bonds is 7. The lowest BCUT2D eigenvalue weighted by Gasteiger charge is -2.23. The molecule has 1 saturated heterocycles. The Bertz CT molecular complexity index is 1940. The molecule has 5 rings (SSSR count). The van der Waals surface area contributed by atoms with Crippen LogP contribution in [-0.4, -0.2) is 35.1 Å². The molecule has 1 N–H and O–H groups in total. The molecule has 0 aliphatic carbocycles. The van der Waals surface area contributed by atoms with Crippen LogP contribution in [0.4, 0.5) is 10.8 Å². The predicted octanol–water partition coefficient (Wildman–Crippen LogP) is 6.93. The highest BCUT2D eigenvalue weighted by Crippen LogP contribution is 2.44. The molecule has 4 aromatic rings. The fourth-order valence-corrected chi connectivity index (χ4v) is 7.59. The lowest BCUT2D eigenvalue weighted by atomic mass is 9.86. The average molecular weight is 646 g/mol. The molecule has 1 unspecified atom stereocenters. The molecule has 1 aliphatic rings. The first-order valence-electron chi connectivity index (χ1n) is 14.1. The topological polar surface area (TPSA) is 148 Å². The van der Waals surface area contributed by atoms with Crippen LogP contribution in [0.5, 0.6) is 0 Å². The third-order valence-electron chi connectivity index (χ3n) is 7.69. The number of aliphatic hydroxyl groups is 1. The highest BCUT2D eigenvalue weighted by atomic mass is 32.2. The summed E-state index contributed by atoms with van der Waals surface area (Å²) >= 11 is 0.685. The van der Waals surface area contributed by atoms with E-state index in [9.17, 15) is 33.2 Å². The van der Waals surface area contributed by atoms with Crippen LogP contribution < -0.4 is 4.90 Å². The van der Waals surface area contributed by atoms with Crippen LogP contribution in [0.25, 0.3) is 5.76 Å². The molecule has 0 saturated carbocycles. The standard InChI is InChI=1S/C33H31N3O7S2/c1-19(2)20-6-8-21(9-7-20)28-27(29(37)22-10-12-23(13-11-22)33(3,4)5)30(38)31(39)35(28)32-34-18-26(44-32)45(42,43)25-16-14-24(15-17-25)36(40)41/h6-19,28,37H,1-5H3/b29-27+. The minimum Gasteiger partial charge on any atom is -0.507 e. The quantitative estimate of drug-likeness (QED) is 0.0748. The fourth-order valence-electron chi connectivity index (χ4n) is 5.04. The van der Waals surface area contributed by atoms with Crippen molar-refractivity contribution in [2.45, 2.75) is 61.1 Å². The maximum absolute atomic E-state index is 13.6. The first-order valence-corrected chi connectivity index (χ1v) is 16.4. The van der Waals surface area contributed by atoms with Crippen molar-refractivity contribution in [1.29, 1.82) is 0 Å². The number of nitro groups is 1. The molecule has 1 aliphatic heterocycles. The number of aromatic nitrogens is 1. The van der Waals surface area contributed by atoms with Crippen molar-refractivity contribution in [3.05, 3.63) is 117 Å². The van der Waals surface area contributed by atoms with Gasteiger partial charge in [0.25, 0.3) is 11.5 Å². The van der Waals surface area contributed by atoms with Gasteiger partial charge >= 0.3 is 5.91 Å². The second-order valence-electron chi connectivity index (χ2n) is 12.0. The van der Waals surface area contributed by atoms with Gasteiger partial charge in [-0.2, -0.15) is 0 Å². The number of carbonyl (C=O) groups is 2. The first kappa shape index (κ1) is 31.7. The molecule has 10 nitrogen and oxygen atoms in total. The number of hydrogen-bond donors (Lipinski definition) is 1. The monoisotopic (exact) mass is 645 g/mol. The molecule has 3 aromatic carbocycles. The Morgan fingerprint density at radius 3 is 2.11 bits per heavy atom. The molecule has 0 radical (unpaired) electrons. The van der Waals surface area contributed by atoms with Crippen molar-refractivity contribution in [3.8, 4) is 0 Å². The van der Waals surface area contributed by atoms with E-state index < -0.39 is 32.5 Å². The second kappa shape index (κ2) is 11.7. The molecule has 1 aromatic heterocycles. The summed E-state index contributed by atoms with van der Waals surface area (Å²) < 4.78 is 26.5. The van der Waals surface area contributed by atoms with Crippen LogP contribution in [0.3, 0.4) is 0 Å². The average Bonchev–Trinajstić information content (AvgIpc) is 3.60. The summed E-state index contributed by atoms with van der Waals surface area (Å²) in [5, 5.41) is 22.5. The summed E-state index contributed by atoms with van der Waals surface area (Å²) in [5.41, 5.74) is 2.38. The zero-order chi connectivity index (χ0) is 32.8. The molecule has 232 valence electrons. The number of amides is 1. The number of nitrogens with zero attached hydrogens (tertiary/aromatic N) is 3. The number of Topliss-reactive ketones (excluding diaryl/α,β-unsaturated/α-hetero) is 1. The predicted molar refractivity (Wildman–Crippen MR) is 171 cm³/mol. The van der Waals surface area contributed by atoms with Gasteiger partial charge in [0.05, 0.1) is 27.6 Å². The van der Waals surface area contributed by atoms with Gasteiger partial charge in [-0.25, -0.2) is 13.4 Å². The lowest BCUT2D eigenvalue weighted by molar-refractivity contribution is -0.384. The van der Waals surface area contributed by atoms with Gasteiger partial charge < -0.3 is 5.11 Å². The van der Waals surface area contributed by atoms with E-state index in [4.69, 9.17) is 0 Å². The summed E-state index contributed by atoms with van der Waals surface area (Å²) in [4.78, 5) is 42.7. The van der Waals surface area contributed by atoms with E-state index in [0.29, 0.717) is 22.5 Å². The third kappa shape index (κ3) is 5.90. The molecule has 1 amide bonds. The Morgan fingerprint density at radius 1 is 0.978 bits per heavy atom. The fraction of sp³-hybridized carbons (Fsp3) is 0.242. The van der Waals surface area contributed by atoms with E-state index >= 15 is 0 Å². The van der Waals surface area contributed by atoms with Gasteiger partial charge in [-0.05, 0) is 40.2 Å². The van der Waals surface area contributed by atoms with Crippen molar-refractivity contribution < 1.29 is 28.0 Å². The number of aliphatic hydroxyl groups excluding tert-OH is 1. The van der Waals surface area contributed by atoms with Crippen LogP contribution >= 0.6 is 11.3 Å². The van der Waals surface area contributed by atoms with Gasteiger partial charge in [-0.1, -0.05) is 94.5 Å². The molecular formula is C33H31N3O7S2. The minimum absolute atomic E-state index is 0.0577. The van der Waals surface area contributed by atoms with Gasteiger partial charge in [-0.15, -0.1) is 0 Å². The Morgan fingerprint density at radius 2 is 1.58 bits per heavy atom. The Labute approximate surface area is 264 Å². The zero-order valence-corrected chi connectivity index (χ0v) is 26.8. The maximum Gasteiger partial charge on any atom is 0.301 e. The van der Waals surface area contributed by atoms with Gasteiger partial charge in [-0.3, -0.25) is 24.6 Å². The van der Waals surface area contributed by atoms with Crippen molar-refractivity contribution in [1.82, 2.24) is 4.98 Å². The summed E-state index contributed by atoms with van der Waals surface area (Å²) in [6, 6.07) is 17.7. The summed E-state index contributed by atoms with van der Waals surface area (Å²) in [7, 11) is -4.16. The largest absolute Gasteiger partial charge is 0.507 e. The Balaban J connectivity index is 1.62. The van der Waals surface area contributed by atoms with Crippen LogP contribution in [0, 0.1) is 10.1 Å². The van der Waals surface area contributed by atoms with Crippen LogP contribution in [0.15, 0.2) is 93.7 Å². The molecule has 0 bridgehead atoms. The first-order chi connectivity index (χ1) is 21.1. The number of sulfone groups is 1. The van der Waals surface area contributed by atoms with Gasteiger partial charge in [0, 0.05) is 17.7 Å². The number of thiazole rings is 1. The zero-order valence-electron chi connectivity index (χ0n) is 25.2. The molecule has 1 atom stereocenters. The van der Waals surface area contributed by atoms with Gasteiger partial charge in [0.2, 0.25) is 9.84 Å². The molecular weight excluding hydrogens is 615 g/mol. The third-order valence-corrected chi connectivity index (χ3v) is 10.9. The highest BCUT2D eigenvalue weighted by molar-refractivity contribution is 7.93. The van der Waals surface area contributed by atoms with E-state index in [1.54, 1.807) is 24.3 Å². The number of nitro benzene ring substituents is 1. The van der Waals surface area contributed by atoms with E-state index in [1.165, 1.54) is 0 Å². The van der Waals surface area contributed by atoms with Crippen molar-refractivity contribution >= 4 is 49.4 Å². The molecule has 12 heteroatoms. The SMILES string of the molecule is CC(C)c1ccc(C2/C(=C(\O)c3ccc(C(C)(C)C)cc3)C(=O)C(=O)N2c2ncc(S(=O)(=O)c3ccc([N+](=O)[O-])cc3)s2)cc1. The number of non-ortho nitro benzene ring substituents is 1. The van der Waals surface area contributed by atoms with Crippen LogP contribution in [-0.2, 0) is 24.8 Å². The van der Waals surface area contributed by atoms with E-state index in [0.717, 1.165) is 46.5 Å². The second-order valence-corrected chi connectivity index (χ2v) is 15.2. The van der Waals surface area contributed by atoms with Crippen molar-refractivity contribution in [3.63, 3.8) is 0 Å². The molecule has 45 heavy (non-hydrogen) atoms. The van der Waals surface area contributed by atoms with E-state index in [2.05, 4.69) is 25.8 Å². The van der Waals surface area contributed by atoms with Crippen LogP contribution in [0.2, 0.25) is 0 Å². The number of carbonyl (C=O) groups excluding carboxylic acids is 2. The summed E-state index contributed by atoms with van der Waals surface area (Å²) in [5.74, 6) is -2.03. The van der Waals surface area contributed by atoms with Gasteiger partial charge in [0.1, 0.15) is 9.97 Å². The Hall–Kier alpha value is -4.68. The number of ketones is 1. The number of hydrogen-bond acceptors (Lipinski definition) is 9. The van der Waals surface area contributed by atoms with E-state index in [1.807, 2.05) is 38.1 Å². The molecule has 0 spiro atoms. The summed E-state index contributed by atoms with van der Waals surface area (Å²) in [6.45, 7) is 10.2. The number of benzene rings is 3. The maximum atomic E-state index is 13.6. The Kier molecular flexibility index (Phi) is 8.23. The van der Waals surface area contributed by atoms with E-state index in [-0.39, 0.29) is 42.6 Å². The normalized spacial score (nSPS) is 16.8. The minimum atomic E-state index is -4.16. The molecule has 2 heterocycles. The van der Waals surface area contributed by atoms with Crippen molar-refractivity contribution in [2.75, 3.05) is 4.90 Å². The smallest absolute Gasteiger partial charge is 0.301 e. The van der Waals surface area contributed by atoms with Crippen molar-refractivity contribution in [2.24, 2.45) is 0 Å². The molecule has 1 fully saturated rings. The van der Waals surface area contributed by atoms with Gasteiger partial charge in [0.15, 0.2) is 5.13 Å². The highest BCUT2D eigenvalue weighted by Gasteiger charge is 2.48. The number of anilines is 1. The lowest BCUT2D eigenvalue weighted by Crippen LogP contribution is -2.29. The van der Waals surface area contributed by atoms with Crippen LogP contribution in [0.1, 0.15) is 68.8 Å². The summed E-state index contributed by atoms with van der Waals surface area (Å²) in [6.07, 6.45) is 1.08.